The molecule has 0 unspecified atom stereocenters. The highest BCUT2D eigenvalue weighted by Crippen LogP contribution is 2.08. The summed E-state index contributed by atoms with van der Waals surface area (Å²) < 4.78 is 10.9. The van der Waals surface area contributed by atoms with Crippen molar-refractivity contribution in [2.75, 3.05) is 45.9 Å². The molecule has 7 heteroatoms. The van der Waals surface area contributed by atoms with Crippen LogP contribution in [0.25, 0.3) is 0 Å². The van der Waals surface area contributed by atoms with Crippen molar-refractivity contribution < 1.29 is 9.15 Å². The minimum atomic E-state index is 0.456. The third kappa shape index (κ3) is 6.49. The van der Waals surface area contributed by atoms with E-state index in [2.05, 4.69) is 32.4 Å². The topological polar surface area (TPSA) is 74.9 Å². The van der Waals surface area contributed by atoms with Crippen LogP contribution in [0, 0.1) is 13.8 Å². The summed E-state index contributed by atoms with van der Waals surface area (Å²) in [6, 6.07) is 0. The molecule has 2 heterocycles. The SMILES string of the molecule is CCNC(=NCc1nc(C)c(C)o1)NCCCCN1CCOCC1. The van der Waals surface area contributed by atoms with Crippen molar-refractivity contribution in [3.63, 3.8) is 0 Å². The highest BCUT2D eigenvalue weighted by Gasteiger charge is 2.09. The Bertz CT molecular complexity index is 490. The van der Waals surface area contributed by atoms with E-state index in [9.17, 15) is 0 Å². The minimum Gasteiger partial charge on any atom is -0.444 e. The van der Waals surface area contributed by atoms with Gasteiger partial charge in [-0.05, 0) is 40.2 Å². The molecule has 0 atom stereocenters. The molecule has 0 bridgehead atoms. The number of ether oxygens (including phenoxy) is 1. The first-order valence-electron chi connectivity index (χ1n) is 8.94. The molecule has 1 fully saturated rings. The minimum absolute atomic E-state index is 0.456. The number of aliphatic imine (C=N–C) groups is 1. The molecule has 1 aliphatic heterocycles. The molecular formula is C17H31N5O2. The van der Waals surface area contributed by atoms with Crippen LogP contribution >= 0.6 is 0 Å². The van der Waals surface area contributed by atoms with Crippen LogP contribution in [0.3, 0.4) is 0 Å². The fraction of sp³-hybridized carbons (Fsp3) is 0.765. The van der Waals surface area contributed by atoms with Crippen molar-refractivity contribution in [3.8, 4) is 0 Å². The predicted molar refractivity (Wildman–Crippen MR) is 95.3 cm³/mol. The van der Waals surface area contributed by atoms with Gasteiger partial charge in [0, 0.05) is 26.2 Å². The summed E-state index contributed by atoms with van der Waals surface area (Å²) in [6.07, 6.45) is 2.31. The fourth-order valence-corrected chi connectivity index (χ4v) is 2.59. The summed E-state index contributed by atoms with van der Waals surface area (Å²) in [5.41, 5.74) is 0.932. The Kier molecular flexibility index (Phi) is 8.04. The van der Waals surface area contributed by atoms with Crippen LogP contribution in [0.4, 0.5) is 0 Å². The van der Waals surface area contributed by atoms with E-state index >= 15 is 0 Å². The third-order valence-corrected chi connectivity index (χ3v) is 4.09. The van der Waals surface area contributed by atoms with Crippen molar-refractivity contribution in [3.05, 3.63) is 17.3 Å². The third-order valence-electron chi connectivity index (χ3n) is 4.09. The molecule has 1 aromatic heterocycles. The normalized spacial score (nSPS) is 16.4. The van der Waals surface area contributed by atoms with Crippen LogP contribution < -0.4 is 10.6 Å². The molecule has 1 aromatic rings. The number of unbranched alkanes of at least 4 members (excludes halogenated alkanes) is 1. The molecule has 2 rings (SSSR count). The van der Waals surface area contributed by atoms with Crippen LogP contribution in [0.5, 0.6) is 0 Å². The van der Waals surface area contributed by atoms with Gasteiger partial charge in [0.05, 0.1) is 18.9 Å². The van der Waals surface area contributed by atoms with Gasteiger partial charge in [-0.1, -0.05) is 0 Å². The molecule has 0 amide bonds. The highest BCUT2D eigenvalue weighted by molar-refractivity contribution is 5.79. The maximum absolute atomic E-state index is 5.56. The van der Waals surface area contributed by atoms with Gasteiger partial charge in [-0.3, -0.25) is 4.90 Å². The van der Waals surface area contributed by atoms with E-state index < -0.39 is 0 Å². The number of nitrogens with zero attached hydrogens (tertiary/aromatic N) is 3. The number of rotatable bonds is 8. The average Bonchev–Trinajstić information content (AvgIpc) is 2.91. The standard InChI is InChI=1S/C17H31N5O2/c1-4-18-17(20-13-16-21-14(2)15(3)24-16)19-7-5-6-8-22-9-11-23-12-10-22/h4-13H2,1-3H3,(H2,18,19,20). The zero-order chi connectivity index (χ0) is 17.2. The van der Waals surface area contributed by atoms with Gasteiger partial charge in [0.15, 0.2) is 5.96 Å². The molecule has 0 spiro atoms. The quantitative estimate of drug-likeness (QED) is 0.425. The van der Waals surface area contributed by atoms with E-state index in [4.69, 9.17) is 9.15 Å². The van der Waals surface area contributed by atoms with Gasteiger partial charge in [-0.25, -0.2) is 9.98 Å². The lowest BCUT2D eigenvalue weighted by Crippen LogP contribution is -2.39. The van der Waals surface area contributed by atoms with E-state index in [0.717, 1.165) is 69.8 Å². The summed E-state index contributed by atoms with van der Waals surface area (Å²) in [7, 11) is 0. The Balaban J connectivity index is 1.67. The molecule has 136 valence electrons. The van der Waals surface area contributed by atoms with Gasteiger partial charge in [0.1, 0.15) is 12.3 Å². The Hall–Kier alpha value is -1.60. The zero-order valence-corrected chi connectivity index (χ0v) is 15.2. The number of oxazole rings is 1. The Labute approximate surface area is 144 Å². The number of aryl methyl sites for hydroxylation is 2. The van der Waals surface area contributed by atoms with Crippen LogP contribution in [-0.2, 0) is 11.3 Å². The van der Waals surface area contributed by atoms with Gasteiger partial charge in [0.25, 0.3) is 0 Å². The molecule has 0 radical (unpaired) electrons. The Morgan fingerprint density at radius 3 is 2.67 bits per heavy atom. The smallest absolute Gasteiger partial charge is 0.216 e. The van der Waals surface area contributed by atoms with Gasteiger partial charge in [-0.2, -0.15) is 0 Å². The largest absolute Gasteiger partial charge is 0.444 e. The summed E-state index contributed by atoms with van der Waals surface area (Å²) in [5, 5.41) is 6.63. The molecule has 24 heavy (non-hydrogen) atoms. The van der Waals surface area contributed by atoms with E-state index in [1.807, 2.05) is 13.8 Å². The van der Waals surface area contributed by atoms with E-state index in [0.29, 0.717) is 12.4 Å². The molecule has 2 N–H and O–H groups in total. The van der Waals surface area contributed by atoms with E-state index in [1.165, 1.54) is 6.42 Å². The van der Waals surface area contributed by atoms with Crippen molar-refractivity contribution >= 4 is 5.96 Å². The summed E-state index contributed by atoms with van der Waals surface area (Å²) in [5.74, 6) is 2.34. The van der Waals surface area contributed by atoms with E-state index in [-0.39, 0.29) is 0 Å². The number of hydrogen-bond acceptors (Lipinski definition) is 5. The molecule has 0 aliphatic carbocycles. The Morgan fingerprint density at radius 2 is 2.00 bits per heavy atom. The van der Waals surface area contributed by atoms with Crippen LogP contribution in [-0.4, -0.2) is 61.8 Å². The Morgan fingerprint density at radius 1 is 1.21 bits per heavy atom. The second-order valence-corrected chi connectivity index (χ2v) is 6.03. The number of guanidine groups is 1. The molecule has 0 saturated carbocycles. The number of aromatic nitrogens is 1. The lowest BCUT2D eigenvalue weighted by atomic mass is 10.3. The van der Waals surface area contributed by atoms with Crippen LogP contribution in [0.2, 0.25) is 0 Å². The van der Waals surface area contributed by atoms with Crippen molar-refractivity contribution in [2.45, 2.75) is 40.2 Å². The first-order valence-corrected chi connectivity index (χ1v) is 8.94. The lowest BCUT2D eigenvalue weighted by molar-refractivity contribution is 0.0372. The molecule has 1 saturated heterocycles. The second-order valence-electron chi connectivity index (χ2n) is 6.03. The summed E-state index contributed by atoms with van der Waals surface area (Å²) >= 11 is 0. The molecule has 1 aliphatic rings. The van der Waals surface area contributed by atoms with E-state index in [1.54, 1.807) is 0 Å². The summed E-state index contributed by atoms with van der Waals surface area (Å²) in [4.78, 5) is 11.4. The first-order chi connectivity index (χ1) is 11.7. The van der Waals surface area contributed by atoms with Gasteiger partial charge in [0.2, 0.25) is 5.89 Å². The predicted octanol–water partition coefficient (Wildman–Crippen LogP) is 1.46. The van der Waals surface area contributed by atoms with Crippen molar-refractivity contribution in [2.24, 2.45) is 4.99 Å². The van der Waals surface area contributed by atoms with Gasteiger partial charge < -0.3 is 19.8 Å². The van der Waals surface area contributed by atoms with Crippen molar-refractivity contribution in [1.29, 1.82) is 0 Å². The number of nitrogens with one attached hydrogen (secondary N) is 2. The maximum Gasteiger partial charge on any atom is 0.216 e. The van der Waals surface area contributed by atoms with Crippen LogP contribution in [0.15, 0.2) is 9.41 Å². The maximum atomic E-state index is 5.56. The fourth-order valence-electron chi connectivity index (χ4n) is 2.59. The van der Waals surface area contributed by atoms with Gasteiger partial charge >= 0.3 is 0 Å². The summed E-state index contributed by atoms with van der Waals surface area (Å²) in [6.45, 7) is 13.2. The molecule has 0 aromatic carbocycles. The van der Waals surface area contributed by atoms with Gasteiger partial charge in [-0.15, -0.1) is 0 Å². The van der Waals surface area contributed by atoms with Crippen molar-refractivity contribution in [1.82, 2.24) is 20.5 Å². The second kappa shape index (κ2) is 10.3. The first kappa shape index (κ1) is 18.7. The lowest BCUT2D eigenvalue weighted by Gasteiger charge is -2.26. The number of morpholine rings is 1. The zero-order valence-electron chi connectivity index (χ0n) is 15.2. The average molecular weight is 337 g/mol. The molecule has 7 nitrogen and oxygen atoms in total. The molecular weight excluding hydrogens is 306 g/mol. The number of hydrogen-bond donors (Lipinski definition) is 2. The highest BCUT2D eigenvalue weighted by atomic mass is 16.5. The van der Waals surface area contributed by atoms with Crippen LogP contribution in [0.1, 0.15) is 37.1 Å². The monoisotopic (exact) mass is 337 g/mol.